The van der Waals surface area contributed by atoms with Gasteiger partial charge in [0.2, 0.25) is 0 Å². The molecule has 0 saturated heterocycles. The fraction of sp³-hybridized carbons (Fsp3) is 0.250. The number of methoxy groups -OCH3 is 1. The SMILES string of the molecule is CNC(c1ccc(OC)cc1)c1ccc(C)c(F)c1F. The third-order valence-electron chi connectivity index (χ3n) is 3.35. The zero-order valence-corrected chi connectivity index (χ0v) is 11.7. The molecule has 0 radical (unpaired) electrons. The van der Waals surface area contributed by atoms with E-state index in [1.54, 1.807) is 45.3 Å². The summed E-state index contributed by atoms with van der Waals surface area (Å²) in [5, 5.41) is 3.01. The molecule has 106 valence electrons. The highest BCUT2D eigenvalue weighted by atomic mass is 19.2. The van der Waals surface area contributed by atoms with Crippen molar-refractivity contribution < 1.29 is 13.5 Å². The molecule has 2 nitrogen and oxygen atoms in total. The Kier molecular flexibility index (Phi) is 4.35. The molecule has 0 heterocycles. The first-order chi connectivity index (χ1) is 9.58. The van der Waals surface area contributed by atoms with E-state index in [0.29, 0.717) is 11.1 Å². The van der Waals surface area contributed by atoms with Crippen LogP contribution in [-0.2, 0) is 0 Å². The molecule has 2 rings (SSSR count). The Morgan fingerprint density at radius 1 is 1.00 bits per heavy atom. The first-order valence-electron chi connectivity index (χ1n) is 6.34. The molecule has 4 heteroatoms. The predicted octanol–water partition coefficient (Wildman–Crippen LogP) is 3.59. The molecule has 2 aromatic carbocycles. The zero-order chi connectivity index (χ0) is 14.7. The van der Waals surface area contributed by atoms with Gasteiger partial charge in [-0.2, -0.15) is 0 Å². The minimum Gasteiger partial charge on any atom is -0.497 e. The molecule has 0 bridgehead atoms. The second-order valence-corrected chi connectivity index (χ2v) is 4.59. The van der Waals surface area contributed by atoms with Crippen LogP contribution in [0.4, 0.5) is 8.78 Å². The zero-order valence-electron chi connectivity index (χ0n) is 11.7. The highest BCUT2D eigenvalue weighted by molar-refractivity contribution is 5.37. The van der Waals surface area contributed by atoms with Crippen molar-refractivity contribution in [3.8, 4) is 5.75 Å². The molecule has 1 unspecified atom stereocenters. The Morgan fingerprint density at radius 2 is 1.65 bits per heavy atom. The third-order valence-corrected chi connectivity index (χ3v) is 3.35. The Bertz CT molecular complexity index is 596. The lowest BCUT2D eigenvalue weighted by atomic mass is 9.97. The molecule has 0 amide bonds. The van der Waals surface area contributed by atoms with Crippen molar-refractivity contribution in [3.05, 3.63) is 64.7 Å². The summed E-state index contributed by atoms with van der Waals surface area (Å²) in [5.41, 5.74) is 1.44. The Labute approximate surface area is 117 Å². The van der Waals surface area contributed by atoms with Crippen LogP contribution in [0.5, 0.6) is 5.75 Å². The number of benzene rings is 2. The molecular weight excluding hydrogens is 260 g/mol. The quantitative estimate of drug-likeness (QED) is 0.922. The topological polar surface area (TPSA) is 21.3 Å². The maximum atomic E-state index is 14.1. The van der Waals surface area contributed by atoms with Crippen LogP contribution in [-0.4, -0.2) is 14.2 Å². The van der Waals surface area contributed by atoms with E-state index in [-0.39, 0.29) is 0 Å². The highest BCUT2D eigenvalue weighted by Gasteiger charge is 2.19. The number of nitrogens with one attached hydrogen (secondary N) is 1. The van der Waals surface area contributed by atoms with E-state index < -0.39 is 17.7 Å². The van der Waals surface area contributed by atoms with E-state index in [2.05, 4.69) is 5.32 Å². The largest absolute Gasteiger partial charge is 0.497 e. The lowest BCUT2D eigenvalue weighted by Gasteiger charge is -2.19. The molecular formula is C16H17F2NO. The highest BCUT2D eigenvalue weighted by Crippen LogP contribution is 2.27. The van der Waals surface area contributed by atoms with Crippen molar-refractivity contribution in [3.63, 3.8) is 0 Å². The van der Waals surface area contributed by atoms with Gasteiger partial charge in [0.1, 0.15) is 5.75 Å². The minimum absolute atomic E-state index is 0.292. The van der Waals surface area contributed by atoms with Crippen LogP contribution in [0.15, 0.2) is 36.4 Å². The van der Waals surface area contributed by atoms with Gasteiger partial charge in [0, 0.05) is 5.56 Å². The van der Waals surface area contributed by atoms with Crippen LogP contribution in [0.2, 0.25) is 0 Å². The van der Waals surface area contributed by atoms with Gasteiger partial charge in [-0.1, -0.05) is 24.3 Å². The first kappa shape index (κ1) is 14.5. The van der Waals surface area contributed by atoms with Crippen molar-refractivity contribution in [1.29, 1.82) is 0 Å². The summed E-state index contributed by atoms with van der Waals surface area (Å²) in [6, 6.07) is 10.0. The van der Waals surface area contributed by atoms with Crippen molar-refractivity contribution >= 4 is 0 Å². The van der Waals surface area contributed by atoms with E-state index in [1.807, 2.05) is 12.1 Å². The lowest BCUT2D eigenvalue weighted by molar-refractivity contribution is 0.414. The summed E-state index contributed by atoms with van der Waals surface area (Å²) in [7, 11) is 3.30. The standard InChI is InChI=1S/C16H17F2NO/c1-10-4-9-13(15(18)14(10)17)16(19-2)11-5-7-12(20-3)8-6-11/h4-9,16,19H,1-3H3. The molecule has 2 aromatic rings. The van der Waals surface area contributed by atoms with Crippen LogP contribution in [0.3, 0.4) is 0 Å². The molecule has 20 heavy (non-hydrogen) atoms. The normalized spacial score (nSPS) is 12.2. The third kappa shape index (κ3) is 2.65. The molecule has 0 aromatic heterocycles. The van der Waals surface area contributed by atoms with Crippen LogP contribution < -0.4 is 10.1 Å². The van der Waals surface area contributed by atoms with Gasteiger partial charge in [0.05, 0.1) is 13.2 Å². The minimum atomic E-state index is -0.805. The molecule has 0 fully saturated rings. The van der Waals surface area contributed by atoms with Crippen LogP contribution >= 0.6 is 0 Å². The van der Waals surface area contributed by atoms with Crippen LogP contribution in [0.25, 0.3) is 0 Å². The van der Waals surface area contributed by atoms with Gasteiger partial charge < -0.3 is 10.1 Å². The van der Waals surface area contributed by atoms with E-state index in [1.165, 1.54) is 0 Å². The smallest absolute Gasteiger partial charge is 0.164 e. The summed E-state index contributed by atoms with van der Waals surface area (Å²) < 4.78 is 32.9. The monoisotopic (exact) mass is 277 g/mol. The average Bonchev–Trinajstić information content (AvgIpc) is 2.48. The maximum absolute atomic E-state index is 14.1. The summed E-state index contributed by atoms with van der Waals surface area (Å²) in [6.45, 7) is 1.55. The van der Waals surface area contributed by atoms with E-state index >= 15 is 0 Å². The molecule has 0 aliphatic carbocycles. The van der Waals surface area contributed by atoms with Gasteiger partial charge >= 0.3 is 0 Å². The lowest BCUT2D eigenvalue weighted by Crippen LogP contribution is -2.19. The van der Waals surface area contributed by atoms with Gasteiger partial charge in [-0.05, 0) is 37.2 Å². The summed E-state index contributed by atoms with van der Waals surface area (Å²) >= 11 is 0. The Balaban J connectivity index is 2.44. The summed E-state index contributed by atoms with van der Waals surface area (Å²) in [4.78, 5) is 0. The first-order valence-corrected chi connectivity index (χ1v) is 6.34. The predicted molar refractivity (Wildman–Crippen MR) is 75.0 cm³/mol. The van der Waals surface area contributed by atoms with Crippen molar-refractivity contribution in [2.45, 2.75) is 13.0 Å². The van der Waals surface area contributed by atoms with Gasteiger partial charge in [-0.25, -0.2) is 8.78 Å². The number of halogens is 2. The van der Waals surface area contributed by atoms with Crippen molar-refractivity contribution in [2.75, 3.05) is 14.2 Å². The van der Waals surface area contributed by atoms with Gasteiger partial charge in [0.15, 0.2) is 11.6 Å². The van der Waals surface area contributed by atoms with E-state index in [0.717, 1.165) is 11.3 Å². The van der Waals surface area contributed by atoms with Crippen molar-refractivity contribution in [1.82, 2.24) is 5.32 Å². The molecule has 0 spiro atoms. The molecule has 0 aliphatic heterocycles. The second-order valence-electron chi connectivity index (χ2n) is 4.59. The maximum Gasteiger partial charge on any atom is 0.164 e. The van der Waals surface area contributed by atoms with Crippen LogP contribution in [0, 0.1) is 18.6 Å². The molecule has 0 aliphatic rings. The second kappa shape index (κ2) is 6.01. The van der Waals surface area contributed by atoms with Gasteiger partial charge in [0.25, 0.3) is 0 Å². The fourth-order valence-corrected chi connectivity index (χ4v) is 2.18. The van der Waals surface area contributed by atoms with Gasteiger partial charge in [-0.15, -0.1) is 0 Å². The molecule has 1 atom stereocenters. The van der Waals surface area contributed by atoms with E-state index in [9.17, 15) is 8.78 Å². The Morgan fingerprint density at radius 3 is 2.20 bits per heavy atom. The average molecular weight is 277 g/mol. The number of hydrogen-bond acceptors (Lipinski definition) is 2. The number of ether oxygens (including phenoxy) is 1. The van der Waals surface area contributed by atoms with Crippen LogP contribution in [0.1, 0.15) is 22.7 Å². The summed E-state index contributed by atoms with van der Waals surface area (Å²) in [6.07, 6.45) is 0. The summed E-state index contributed by atoms with van der Waals surface area (Å²) in [5.74, 6) is -0.879. The fourth-order valence-electron chi connectivity index (χ4n) is 2.18. The molecule has 1 N–H and O–H groups in total. The van der Waals surface area contributed by atoms with E-state index in [4.69, 9.17) is 4.74 Å². The Hall–Kier alpha value is -1.94. The number of rotatable bonds is 4. The van der Waals surface area contributed by atoms with Crippen molar-refractivity contribution in [2.24, 2.45) is 0 Å². The van der Waals surface area contributed by atoms with Gasteiger partial charge in [-0.3, -0.25) is 0 Å². The number of aryl methyl sites for hydroxylation is 1. The number of hydrogen-bond donors (Lipinski definition) is 1. The molecule has 0 saturated carbocycles.